The number of aliphatic imine (C=N–C) groups is 1. The van der Waals surface area contributed by atoms with Crippen LogP contribution >= 0.6 is 11.8 Å². The van der Waals surface area contributed by atoms with Crippen molar-refractivity contribution in [1.29, 1.82) is 0 Å². The Bertz CT molecular complexity index is 229. The summed E-state index contributed by atoms with van der Waals surface area (Å²) in [4.78, 5) is 4.61. The fraction of sp³-hybridized carbons (Fsp3) is 0.909. The molecule has 0 amide bonds. The van der Waals surface area contributed by atoms with E-state index in [0.29, 0.717) is 11.5 Å². The number of amidine groups is 1. The Morgan fingerprint density at radius 1 is 1.36 bits per heavy atom. The summed E-state index contributed by atoms with van der Waals surface area (Å²) in [5, 5.41) is 4.76. The van der Waals surface area contributed by atoms with E-state index in [9.17, 15) is 0 Å². The smallest absolute Gasteiger partial charge is 0.156 e. The second-order valence-corrected chi connectivity index (χ2v) is 6.16. The molecule has 1 aliphatic heterocycles. The minimum absolute atomic E-state index is 0.394. The summed E-state index contributed by atoms with van der Waals surface area (Å²) in [5.74, 6) is 1.20. The average Bonchev–Trinajstić information content (AvgIpc) is 2.61. The quantitative estimate of drug-likeness (QED) is 0.722. The summed E-state index contributed by atoms with van der Waals surface area (Å²) in [7, 11) is 0. The number of thioether (sulfide) groups is 1. The fourth-order valence-electron chi connectivity index (χ4n) is 1.97. The molecule has 1 saturated carbocycles. The molecule has 2 rings (SSSR count). The third kappa shape index (κ3) is 2.66. The van der Waals surface area contributed by atoms with E-state index in [1.807, 2.05) is 11.8 Å². The van der Waals surface area contributed by atoms with E-state index >= 15 is 0 Å². The number of hydrogen-bond acceptors (Lipinski definition) is 3. The van der Waals surface area contributed by atoms with E-state index in [0.717, 1.165) is 6.54 Å². The molecule has 0 spiro atoms. The van der Waals surface area contributed by atoms with Crippen LogP contribution in [0.5, 0.6) is 0 Å². The van der Waals surface area contributed by atoms with Crippen LogP contribution in [-0.2, 0) is 0 Å². The Kier molecular flexibility index (Phi) is 3.05. The first-order valence-electron chi connectivity index (χ1n) is 5.59. The summed E-state index contributed by atoms with van der Waals surface area (Å²) in [6.07, 6.45) is 5.45. The lowest BCUT2D eigenvalue weighted by Crippen LogP contribution is -2.36. The maximum absolute atomic E-state index is 4.61. The molecule has 0 bridgehead atoms. The van der Waals surface area contributed by atoms with Crippen LogP contribution in [0.2, 0.25) is 0 Å². The molecule has 0 saturated heterocycles. The van der Waals surface area contributed by atoms with Crippen LogP contribution in [0.15, 0.2) is 4.99 Å². The van der Waals surface area contributed by atoms with Gasteiger partial charge < -0.3 is 5.32 Å². The summed E-state index contributed by atoms with van der Waals surface area (Å²) >= 11 is 1.90. The van der Waals surface area contributed by atoms with Gasteiger partial charge in [-0.05, 0) is 18.3 Å². The van der Waals surface area contributed by atoms with Crippen molar-refractivity contribution in [2.75, 3.05) is 12.3 Å². The van der Waals surface area contributed by atoms with Gasteiger partial charge in [-0.15, -0.1) is 0 Å². The second-order valence-electron chi connectivity index (χ2n) is 5.20. The van der Waals surface area contributed by atoms with Crippen molar-refractivity contribution in [3.63, 3.8) is 0 Å². The van der Waals surface area contributed by atoms with Crippen LogP contribution in [0, 0.1) is 5.41 Å². The van der Waals surface area contributed by atoms with Crippen molar-refractivity contribution < 1.29 is 0 Å². The molecule has 0 aromatic rings. The summed E-state index contributed by atoms with van der Waals surface area (Å²) in [5.41, 5.74) is 0.394. The van der Waals surface area contributed by atoms with Crippen molar-refractivity contribution >= 4 is 16.9 Å². The minimum Gasteiger partial charge on any atom is -0.362 e. The summed E-state index contributed by atoms with van der Waals surface area (Å²) in [6, 6.07) is 0.711. The van der Waals surface area contributed by atoms with E-state index in [2.05, 4.69) is 24.2 Å². The lowest BCUT2D eigenvalue weighted by Gasteiger charge is -2.28. The largest absolute Gasteiger partial charge is 0.362 e. The highest BCUT2D eigenvalue weighted by molar-refractivity contribution is 8.13. The van der Waals surface area contributed by atoms with Crippen LogP contribution in [0.3, 0.4) is 0 Å². The average molecular weight is 212 g/mol. The van der Waals surface area contributed by atoms with Gasteiger partial charge in [-0.2, -0.15) is 0 Å². The Balaban J connectivity index is 1.84. The Labute approximate surface area is 90.9 Å². The van der Waals surface area contributed by atoms with Crippen molar-refractivity contribution in [2.24, 2.45) is 10.4 Å². The predicted octanol–water partition coefficient (Wildman–Crippen LogP) is 2.65. The molecule has 14 heavy (non-hydrogen) atoms. The highest BCUT2D eigenvalue weighted by Crippen LogP contribution is 2.28. The van der Waals surface area contributed by atoms with Crippen LogP contribution in [0.1, 0.15) is 39.5 Å². The van der Waals surface area contributed by atoms with Gasteiger partial charge in [0.05, 0.1) is 0 Å². The first-order chi connectivity index (χ1) is 6.66. The first kappa shape index (κ1) is 10.3. The van der Waals surface area contributed by atoms with Crippen LogP contribution in [-0.4, -0.2) is 23.5 Å². The van der Waals surface area contributed by atoms with E-state index in [1.54, 1.807) is 0 Å². The van der Waals surface area contributed by atoms with Gasteiger partial charge >= 0.3 is 0 Å². The number of nitrogens with zero attached hydrogens (tertiary/aromatic N) is 1. The Morgan fingerprint density at radius 3 is 2.64 bits per heavy atom. The number of rotatable bonds is 1. The monoisotopic (exact) mass is 212 g/mol. The highest BCUT2D eigenvalue weighted by Gasteiger charge is 2.25. The molecule has 0 aromatic carbocycles. The topological polar surface area (TPSA) is 24.4 Å². The molecule has 0 radical (unpaired) electrons. The molecule has 0 aromatic heterocycles. The lowest BCUT2D eigenvalue weighted by atomic mass is 9.97. The third-order valence-electron chi connectivity index (χ3n) is 2.93. The zero-order chi connectivity index (χ0) is 10.0. The number of nitrogens with one attached hydrogen (secondary N) is 1. The third-order valence-corrected chi connectivity index (χ3v) is 4.38. The molecule has 2 aliphatic rings. The van der Waals surface area contributed by atoms with E-state index < -0.39 is 0 Å². The highest BCUT2D eigenvalue weighted by atomic mass is 32.2. The molecule has 3 heteroatoms. The molecule has 80 valence electrons. The molecule has 1 aliphatic carbocycles. The molecule has 0 atom stereocenters. The normalized spacial score (nSPS) is 27.4. The summed E-state index contributed by atoms with van der Waals surface area (Å²) < 4.78 is 0. The Morgan fingerprint density at radius 2 is 2.07 bits per heavy atom. The maximum atomic E-state index is 4.61. The van der Waals surface area contributed by atoms with Gasteiger partial charge in [0.2, 0.25) is 0 Å². The lowest BCUT2D eigenvalue weighted by molar-refractivity contribution is 0.436. The minimum atomic E-state index is 0.394. The molecule has 1 N–H and O–H groups in total. The summed E-state index contributed by atoms with van der Waals surface area (Å²) in [6.45, 7) is 5.56. The van der Waals surface area contributed by atoms with Crippen molar-refractivity contribution in [3.8, 4) is 0 Å². The van der Waals surface area contributed by atoms with Crippen LogP contribution in [0.4, 0.5) is 0 Å². The Hall–Kier alpha value is -0.180. The molecular weight excluding hydrogens is 192 g/mol. The van der Waals surface area contributed by atoms with Gasteiger partial charge in [-0.3, -0.25) is 4.99 Å². The molecule has 1 fully saturated rings. The van der Waals surface area contributed by atoms with Crippen molar-refractivity contribution in [2.45, 2.75) is 45.6 Å². The number of hydrogen-bond donors (Lipinski definition) is 1. The van der Waals surface area contributed by atoms with E-state index in [1.165, 1.54) is 36.6 Å². The second kappa shape index (κ2) is 4.13. The van der Waals surface area contributed by atoms with Gasteiger partial charge in [0.25, 0.3) is 0 Å². The van der Waals surface area contributed by atoms with Gasteiger partial charge in [0, 0.05) is 18.3 Å². The molecular formula is C11H20N2S. The maximum Gasteiger partial charge on any atom is 0.156 e. The van der Waals surface area contributed by atoms with Gasteiger partial charge in [-0.1, -0.05) is 38.5 Å². The van der Waals surface area contributed by atoms with Gasteiger partial charge in [-0.25, -0.2) is 0 Å². The first-order valence-corrected chi connectivity index (χ1v) is 6.58. The van der Waals surface area contributed by atoms with Crippen molar-refractivity contribution in [3.05, 3.63) is 0 Å². The molecule has 0 unspecified atom stereocenters. The van der Waals surface area contributed by atoms with Crippen LogP contribution in [0.25, 0.3) is 0 Å². The fourth-order valence-corrected chi connectivity index (χ4v) is 3.00. The van der Waals surface area contributed by atoms with Crippen LogP contribution < -0.4 is 5.32 Å². The van der Waals surface area contributed by atoms with Gasteiger partial charge in [0.1, 0.15) is 0 Å². The molecule has 2 nitrogen and oxygen atoms in total. The SMILES string of the molecule is CC1(C)CN=C(NC2CCCC2)SC1. The standard InChI is InChI=1S/C11H20N2S/c1-11(2)7-12-10(14-8-11)13-9-5-3-4-6-9/h9H,3-8H2,1-2H3,(H,12,13). The van der Waals surface area contributed by atoms with Gasteiger partial charge in [0.15, 0.2) is 5.17 Å². The zero-order valence-electron chi connectivity index (χ0n) is 9.18. The zero-order valence-corrected chi connectivity index (χ0v) is 9.99. The van der Waals surface area contributed by atoms with Crippen molar-refractivity contribution in [1.82, 2.24) is 5.32 Å². The van der Waals surface area contributed by atoms with E-state index in [4.69, 9.17) is 0 Å². The molecule has 1 heterocycles. The van der Waals surface area contributed by atoms with E-state index in [-0.39, 0.29) is 0 Å². The predicted molar refractivity (Wildman–Crippen MR) is 63.9 cm³/mol.